The van der Waals surface area contributed by atoms with Gasteiger partial charge in [0.25, 0.3) is 0 Å². The van der Waals surface area contributed by atoms with Crippen LogP contribution < -0.4 is 10.1 Å². The normalized spacial score (nSPS) is 18.6. The number of amides is 1. The number of carbonyl (C=O) groups excluding carboxylic acids is 1. The number of carbonyl (C=O) groups is 1. The number of unbranched alkanes of at least 4 members (excludes halogenated alkanes) is 1. The number of aliphatic hydroxyl groups is 1. The standard InChI is InChI=1S/C21H25NO3/c1-15-7-6-9-17(13-15)25-12-5-4-11-20(24)22-21-18-10-3-2-8-16(18)14-19(21)23/h2-3,6-10,13,19,21,23H,4-5,11-12,14H2,1H3,(H,22,24). The maximum absolute atomic E-state index is 12.2. The fourth-order valence-corrected chi connectivity index (χ4v) is 3.28. The predicted molar refractivity (Wildman–Crippen MR) is 97.6 cm³/mol. The number of aryl methyl sites for hydroxylation is 1. The average Bonchev–Trinajstić information content (AvgIpc) is 2.90. The smallest absolute Gasteiger partial charge is 0.220 e. The van der Waals surface area contributed by atoms with Crippen molar-refractivity contribution in [2.45, 2.75) is 44.8 Å². The molecule has 132 valence electrons. The van der Waals surface area contributed by atoms with Gasteiger partial charge in [0, 0.05) is 12.8 Å². The van der Waals surface area contributed by atoms with Crippen LogP contribution in [0.15, 0.2) is 48.5 Å². The van der Waals surface area contributed by atoms with Crippen LogP contribution in [0.5, 0.6) is 5.75 Å². The van der Waals surface area contributed by atoms with E-state index in [0.717, 1.165) is 29.7 Å². The molecule has 0 heterocycles. The van der Waals surface area contributed by atoms with E-state index >= 15 is 0 Å². The highest BCUT2D eigenvalue weighted by atomic mass is 16.5. The van der Waals surface area contributed by atoms with Crippen LogP contribution in [0, 0.1) is 6.92 Å². The Morgan fingerprint density at radius 1 is 1.20 bits per heavy atom. The van der Waals surface area contributed by atoms with Crippen molar-refractivity contribution < 1.29 is 14.6 Å². The van der Waals surface area contributed by atoms with Crippen LogP contribution in [0.1, 0.15) is 42.0 Å². The number of fused-ring (bicyclic) bond motifs is 1. The molecule has 2 N–H and O–H groups in total. The molecule has 0 aliphatic heterocycles. The quantitative estimate of drug-likeness (QED) is 0.761. The Balaban J connectivity index is 1.39. The molecule has 0 fully saturated rings. The van der Waals surface area contributed by atoms with Crippen LogP contribution in [0.2, 0.25) is 0 Å². The number of hydrogen-bond acceptors (Lipinski definition) is 3. The summed E-state index contributed by atoms with van der Waals surface area (Å²) >= 11 is 0. The Labute approximate surface area is 148 Å². The van der Waals surface area contributed by atoms with Gasteiger partial charge in [-0.2, -0.15) is 0 Å². The van der Waals surface area contributed by atoms with Gasteiger partial charge in [-0.15, -0.1) is 0 Å². The Bertz CT molecular complexity index is 729. The molecule has 0 bridgehead atoms. The highest BCUT2D eigenvalue weighted by Crippen LogP contribution is 2.31. The topological polar surface area (TPSA) is 58.6 Å². The number of rotatable bonds is 7. The van der Waals surface area contributed by atoms with E-state index in [4.69, 9.17) is 4.74 Å². The second kappa shape index (κ2) is 8.17. The number of aliphatic hydroxyl groups excluding tert-OH is 1. The molecule has 1 aliphatic carbocycles. The van der Waals surface area contributed by atoms with Crippen molar-refractivity contribution in [2.75, 3.05) is 6.61 Å². The second-order valence-corrected chi connectivity index (χ2v) is 6.64. The summed E-state index contributed by atoms with van der Waals surface area (Å²) in [6.45, 7) is 2.64. The Kier molecular flexibility index (Phi) is 5.71. The van der Waals surface area contributed by atoms with Gasteiger partial charge in [0.2, 0.25) is 5.91 Å². The van der Waals surface area contributed by atoms with Crippen LogP contribution in [0.4, 0.5) is 0 Å². The van der Waals surface area contributed by atoms with Crippen LogP contribution in [0.3, 0.4) is 0 Å². The molecule has 2 atom stereocenters. The van der Waals surface area contributed by atoms with Gasteiger partial charge < -0.3 is 15.2 Å². The fraction of sp³-hybridized carbons (Fsp3) is 0.381. The summed E-state index contributed by atoms with van der Waals surface area (Å²) in [5.41, 5.74) is 3.32. The lowest BCUT2D eigenvalue weighted by atomic mass is 10.1. The molecule has 0 aromatic heterocycles. The number of hydrogen-bond donors (Lipinski definition) is 2. The first-order chi connectivity index (χ1) is 12.1. The molecule has 0 saturated heterocycles. The molecule has 1 aliphatic rings. The van der Waals surface area contributed by atoms with Crippen molar-refractivity contribution >= 4 is 5.91 Å². The van der Waals surface area contributed by atoms with Gasteiger partial charge in [-0.1, -0.05) is 36.4 Å². The van der Waals surface area contributed by atoms with Crippen molar-refractivity contribution in [1.29, 1.82) is 0 Å². The summed E-state index contributed by atoms with van der Waals surface area (Å²) in [6, 6.07) is 15.6. The lowest BCUT2D eigenvalue weighted by Gasteiger charge is -2.18. The minimum absolute atomic E-state index is 0.0173. The third kappa shape index (κ3) is 4.60. The molecule has 2 aromatic rings. The minimum atomic E-state index is -0.536. The Morgan fingerprint density at radius 3 is 2.88 bits per heavy atom. The third-order valence-electron chi connectivity index (χ3n) is 4.58. The van der Waals surface area contributed by atoms with Gasteiger partial charge in [0.05, 0.1) is 18.8 Å². The molecule has 25 heavy (non-hydrogen) atoms. The molecule has 1 amide bonds. The third-order valence-corrected chi connectivity index (χ3v) is 4.58. The molecule has 2 unspecified atom stereocenters. The summed E-state index contributed by atoms with van der Waals surface area (Å²) in [4.78, 5) is 12.2. The SMILES string of the molecule is Cc1cccc(OCCCCC(=O)NC2c3ccccc3CC2O)c1. The average molecular weight is 339 g/mol. The number of benzene rings is 2. The Hall–Kier alpha value is -2.33. The Morgan fingerprint density at radius 2 is 2.04 bits per heavy atom. The van der Waals surface area contributed by atoms with E-state index in [9.17, 15) is 9.90 Å². The van der Waals surface area contributed by atoms with E-state index in [2.05, 4.69) is 5.32 Å². The number of nitrogens with one attached hydrogen (secondary N) is 1. The van der Waals surface area contributed by atoms with Crippen molar-refractivity contribution in [3.8, 4) is 5.75 Å². The maximum atomic E-state index is 12.2. The van der Waals surface area contributed by atoms with E-state index in [1.54, 1.807) is 0 Å². The van der Waals surface area contributed by atoms with E-state index in [0.29, 0.717) is 19.4 Å². The summed E-state index contributed by atoms with van der Waals surface area (Å²) in [5, 5.41) is 13.2. The van der Waals surface area contributed by atoms with Gasteiger partial charge in [-0.25, -0.2) is 0 Å². The van der Waals surface area contributed by atoms with Crippen LogP contribution in [-0.2, 0) is 11.2 Å². The first kappa shape index (κ1) is 17.5. The largest absolute Gasteiger partial charge is 0.494 e. The van der Waals surface area contributed by atoms with Crippen LogP contribution in [-0.4, -0.2) is 23.7 Å². The first-order valence-corrected chi connectivity index (χ1v) is 8.88. The monoisotopic (exact) mass is 339 g/mol. The molecule has 3 rings (SSSR count). The van der Waals surface area contributed by atoms with E-state index in [-0.39, 0.29) is 11.9 Å². The van der Waals surface area contributed by atoms with Gasteiger partial charge >= 0.3 is 0 Å². The van der Waals surface area contributed by atoms with Crippen molar-refractivity contribution in [3.05, 3.63) is 65.2 Å². The van der Waals surface area contributed by atoms with E-state index < -0.39 is 6.10 Å². The first-order valence-electron chi connectivity index (χ1n) is 8.88. The molecule has 0 spiro atoms. The molecule has 0 radical (unpaired) electrons. The summed E-state index contributed by atoms with van der Waals surface area (Å²) in [5.74, 6) is 0.853. The van der Waals surface area contributed by atoms with Crippen molar-refractivity contribution in [1.82, 2.24) is 5.32 Å². The zero-order chi connectivity index (χ0) is 17.6. The summed E-state index contributed by atoms with van der Waals surface area (Å²) in [7, 11) is 0. The van der Waals surface area contributed by atoms with Gasteiger partial charge in [0.1, 0.15) is 5.75 Å². The van der Waals surface area contributed by atoms with Gasteiger partial charge in [-0.3, -0.25) is 4.79 Å². The van der Waals surface area contributed by atoms with Gasteiger partial charge in [0.15, 0.2) is 0 Å². The minimum Gasteiger partial charge on any atom is -0.494 e. The molecule has 2 aromatic carbocycles. The highest BCUT2D eigenvalue weighted by molar-refractivity contribution is 5.76. The van der Waals surface area contributed by atoms with Crippen LogP contribution in [0.25, 0.3) is 0 Å². The highest BCUT2D eigenvalue weighted by Gasteiger charge is 2.31. The molecular formula is C21H25NO3. The summed E-state index contributed by atoms with van der Waals surface area (Å²) in [6.07, 6.45) is 2.10. The lowest BCUT2D eigenvalue weighted by molar-refractivity contribution is -0.122. The second-order valence-electron chi connectivity index (χ2n) is 6.64. The zero-order valence-electron chi connectivity index (χ0n) is 14.6. The number of ether oxygens (including phenoxy) is 1. The van der Waals surface area contributed by atoms with Gasteiger partial charge in [-0.05, 0) is 48.6 Å². The van der Waals surface area contributed by atoms with E-state index in [1.807, 2.05) is 55.5 Å². The zero-order valence-corrected chi connectivity index (χ0v) is 14.6. The van der Waals surface area contributed by atoms with Crippen LogP contribution >= 0.6 is 0 Å². The van der Waals surface area contributed by atoms with E-state index in [1.165, 1.54) is 5.56 Å². The lowest BCUT2D eigenvalue weighted by Crippen LogP contribution is -2.33. The fourth-order valence-electron chi connectivity index (χ4n) is 3.28. The predicted octanol–water partition coefficient (Wildman–Crippen LogP) is 3.32. The molecule has 0 saturated carbocycles. The molecule has 4 heteroatoms. The summed E-state index contributed by atoms with van der Waals surface area (Å²) < 4.78 is 5.69. The van der Waals surface area contributed by atoms with Crippen molar-refractivity contribution in [2.24, 2.45) is 0 Å². The molecule has 4 nitrogen and oxygen atoms in total. The van der Waals surface area contributed by atoms with Crippen molar-refractivity contribution in [3.63, 3.8) is 0 Å². The maximum Gasteiger partial charge on any atom is 0.220 e. The molecular weight excluding hydrogens is 314 g/mol.